The molecule has 34 heavy (non-hydrogen) atoms. The maximum Gasteiger partial charge on any atom is 0.269 e. The van der Waals surface area contributed by atoms with E-state index in [2.05, 4.69) is 0 Å². The van der Waals surface area contributed by atoms with Gasteiger partial charge in [-0.25, -0.2) is 0 Å². The second-order valence-corrected chi connectivity index (χ2v) is 9.08. The van der Waals surface area contributed by atoms with Gasteiger partial charge in [-0.05, 0) is 37.8 Å². The Morgan fingerprint density at radius 3 is 2.41 bits per heavy atom. The summed E-state index contributed by atoms with van der Waals surface area (Å²) in [6.45, 7) is 2.22. The first-order valence-corrected chi connectivity index (χ1v) is 11.5. The van der Waals surface area contributed by atoms with E-state index in [9.17, 15) is 20.0 Å². The minimum atomic E-state index is -1.17. The lowest BCUT2D eigenvalue weighted by atomic mass is 9.92. The highest BCUT2D eigenvalue weighted by atomic mass is 16.6. The van der Waals surface area contributed by atoms with Gasteiger partial charge in [0.1, 0.15) is 0 Å². The number of hydrogen-bond acceptors (Lipinski definition) is 5. The highest BCUT2D eigenvalue weighted by molar-refractivity contribution is 6.00. The van der Waals surface area contributed by atoms with E-state index in [0.717, 1.165) is 22.3 Å². The Bertz CT molecular complexity index is 1220. The fraction of sp³-hybridized carbons (Fsp3) is 0.296. The zero-order valence-corrected chi connectivity index (χ0v) is 18.9. The van der Waals surface area contributed by atoms with Gasteiger partial charge in [-0.2, -0.15) is 0 Å². The zero-order chi connectivity index (χ0) is 23.9. The average molecular weight is 459 g/mol. The summed E-state index contributed by atoms with van der Waals surface area (Å²) in [6.07, 6.45) is 1.24. The molecule has 3 unspecified atom stereocenters. The third-order valence-electron chi connectivity index (χ3n) is 6.77. The van der Waals surface area contributed by atoms with E-state index in [0.29, 0.717) is 24.8 Å². The lowest BCUT2D eigenvalue weighted by molar-refractivity contribution is -0.384. The van der Waals surface area contributed by atoms with Crippen molar-refractivity contribution < 1.29 is 19.6 Å². The molecule has 3 atom stereocenters. The fourth-order valence-electron chi connectivity index (χ4n) is 5.04. The highest BCUT2D eigenvalue weighted by Gasteiger charge is 2.53. The van der Waals surface area contributed by atoms with E-state index in [1.807, 2.05) is 55.5 Å². The smallest absolute Gasteiger partial charge is 0.269 e. The average Bonchev–Trinajstić information content (AvgIpc) is 3.35. The van der Waals surface area contributed by atoms with Crippen molar-refractivity contribution in [1.82, 2.24) is 4.90 Å². The van der Waals surface area contributed by atoms with Gasteiger partial charge in [0.15, 0.2) is 5.72 Å². The van der Waals surface area contributed by atoms with Gasteiger partial charge in [0.25, 0.3) is 11.6 Å². The summed E-state index contributed by atoms with van der Waals surface area (Å²) in [5.41, 5.74) is 2.86. The number of carbonyl (C=O) groups excluding carboxylic acids is 1. The number of non-ortho nitro benzene ring substituents is 1. The molecule has 3 aromatic rings. The molecule has 7 nitrogen and oxygen atoms in total. The summed E-state index contributed by atoms with van der Waals surface area (Å²) in [5, 5.41) is 21.3. The molecule has 0 bridgehead atoms. The molecular weight excluding hydrogens is 432 g/mol. The molecule has 174 valence electrons. The van der Waals surface area contributed by atoms with Crippen molar-refractivity contribution in [3.63, 3.8) is 0 Å². The number of aliphatic hydroxyl groups excluding tert-OH is 1. The molecule has 5 rings (SSSR count). The van der Waals surface area contributed by atoms with Crippen LogP contribution < -0.4 is 0 Å². The standard InChI is InChI=1S/C27H26N2O5/c1-18-6-10-20(11-7-18)27(34-23-15-14-22(30)16-23)25-5-3-2-4-24(25)26(31)28(27)17-19-8-12-21(13-9-19)29(32)33/h2-13,22-23,30H,14-17H2,1H3. The van der Waals surface area contributed by atoms with E-state index >= 15 is 0 Å². The molecule has 1 aliphatic carbocycles. The van der Waals surface area contributed by atoms with Crippen LogP contribution in [0.25, 0.3) is 0 Å². The number of carbonyl (C=O) groups is 1. The Labute approximate surface area is 197 Å². The number of nitrogens with zero attached hydrogens (tertiary/aromatic N) is 2. The first kappa shape index (κ1) is 22.3. The van der Waals surface area contributed by atoms with Gasteiger partial charge in [0.2, 0.25) is 0 Å². The number of rotatable bonds is 6. The summed E-state index contributed by atoms with van der Waals surface area (Å²) in [6, 6.07) is 21.7. The Morgan fingerprint density at radius 1 is 1.06 bits per heavy atom. The fourth-order valence-corrected chi connectivity index (χ4v) is 5.04. The number of hydrogen-bond donors (Lipinski definition) is 1. The number of benzene rings is 3. The van der Waals surface area contributed by atoms with Gasteiger partial charge < -0.3 is 9.84 Å². The quantitative estimate of drug-likeness (QED) is 0.427. The Morgan fingerprint density at radius 2 is 1.76 bits per heavy atom. The molecule has 1 N–H and O–H groups in total. The molecule has 1 aliphatic heterocycles. The van der Waals surface area contributed by atoms with E-state index in [1.54, 1.807) is 17.0 Å². The number of aryl methyl sites for hydroxylation is 1. The Kier molecular flexibility index (Phi) is 5.67. The molecule has 1 fully saturated rings. The van der Waals surface area contributed by atoms with Gasteiger partial charge in [-0.3, -0.25) is 19.8 Å². The number of nitro groups is 1. The third-order valence-corrected chi connectivity index (χ3v) is 6.77. The molecule has 1 heterocycles. The van der Waals surface area contributed by atoms with Crippen molar-refractivity contribution in [3.05, 3.63) is 111 Å². The molecule has 7 heteroatoms. The SMILES string of the molecule is Cc1ccc(C2(OC3CCC(O)C3)c3ccccc3C(=O)N2Cc2ccc([N+](=O)[O-])cc2)cc1. The van der Waals surface area contributed by atoms with Crippen molar-refractivity contribution in [3.8, 4) is 0 Å². The van der Waals surface area contributed by atoms with Gasteiger partial charge in [0, 0.05) is 35.4 Å². The minimum absolute atomic E-state index is 0.000718. The molecule has 0 aromatic heterocycles. The molecule has 0 saturated heterocycles. The predicted molar refractivity (Wildman–Crippen MR) is 126 cm³/mol. The molecule has 3 aromatic carbocycles. The van der Waals surface area contributed by atoms with Crippen molar-refractivity contribution in [2.75, 3.05) is 0 Å². The van der Waals surface area contributed by atoms with Crippen molar-refractivity contribution in [1.29, 1.82) is 0 Å². The number of fused-ring (bicyclic) bond motifs is 1. The van der Waals surface area contributed by atoms with Crippen molar-refractivity contribution in [2.24, 2.45) is 0 Å². The van der Waals surface area contributed by atoms with E-state index < -0.39 is 16.8 Å². The lowest BCUT2D eigenvalue weighted by Crippen LogP contribution is -2.48. The molecular formula is C27H26N2O5. The molecule has 1 saturated carbocycles. The van der Waals surface area contributed by atoms with Crippen LogP contribution in [0.2, 0.25) is 0 Å². The van der Waals surface area contributed by atoms with Crippen LogP contribution in [0.3, 0.4) is 0 Å². The van der Waals surface area contributed by atoms with E-state index in [4.69, 9.17) is 4.74 Å². The summed E-state index contributed by atoms with van der Waals surface area (Å²) < 4.78 is 6.84. The summed E-state index contributed by atoms with van der Waals surface area (Å²) in [7, 11) is 0. The maximum absolute atomic E-state index is 13.8. The van der Waals surface area contributed by atoms with Crippen LogP contribution in [-0.2, 0) is 17.0 Å². The number of ether oxygens (including phenoxy) is 1. The van der Waals surface area contributed by atoms with Crippen LogP contribution in [0, 0.1) is 17.0 Å². The van der Waals surface area contributed by atoms with E-state index in [1.165, 1.54) is 12.1 Å². The first-order valence-electron chi connectivity index (χ1n) is 11.5. The summed E-state index contributed by atoms with van der Waals surface area (Å²) in [5.74, 6) is -0.159. The molecule has 2 aliphatic rings. The second kappa shape index (κ2) is 8.66. The topological polar surface area (TPSA) is 92.9 Å². The minimum Gasteiger partial charge on any atom is -0.393 e. The monoisotopic (exact) mass is 458 g/mol. The van der Waals surface area contributed by atoms with Crippen molar-refractivity contribution in [2.45, 2.75) is 50.7 Å². The largest absolute Gasteiger partial charge is 0.393 e. The molecule has 0 spiro atoms. The maximum atomic E-state index is 13.8. The van der Waals surface area contributed by atoms with Gasteiger partial charge in [0.05, 0.1) is 17.1 Å². The van der Waals surface area contributed by atoms with Crippen molar-refractivity contribution >= 4 is 11.6 Å². The molecule has 0 radical (unpaired) electrons. The Balaban J connectivity index is 1.64. The number of aliphatic hydroxyl groups is 1. The molecule has 1 amide bonds. The second-order valence-electron chi connectivity index (χ2n) is 9.08. The van der Waals surface area contributed by atoms with Crippen LogP contribution >= 0.6 is 0 Å². The third kappa shape index (κ3) is 3.77. The lowest BCUT2D eigenvalue weighted by Gasteiger charge is -2.41. The van der Waals surface area contributed by atoms with Crippen LogP contribution in [0.15, 0.2) is 72.8 Å². The number of nitro benzene ring substituents is 1. The van der Waals surface area contributed by atoms with Gasteiger partial charge in [-0.1, -0.05) is 60.2 Å². The zero-order valence-electron chi connectivity index (χ0n) is 18.9. The highest BCUT2D eigenvalue weighted by Crippen LogP contribution is 2.48. The summed E-state index contributed by atoms with van der Waals surface area (Å²) >= 11 is 0. The van der Waals surface area contributed by atoms with Crippen LogP contribution in [0.5, 0.6) is 0 Å². The first-order chi connectivity index (χ1) is 16.4. The van der Waals surface area contributed by atoms with Gasteiger partial charge in [-0.15, -0.1) is 0 Å². The number of amides is 1. The predicted octanol–water partition coefficient (Wildman–Crippen LogP) is 4.69. The van der Waals surface area contributed by atoms with Gasteiger partial charge >= 0.3 is 0 Å². The normalized spacial score (nSPS) is 23.8. The van der Waals surface area contributed by atoms with E-state index in [-0.39, 0.29) is 24.2 Å². The van der Waals surface area contributed by atoms with Crippen LogP contribution in [0.1, 0.15) is 51.9 Å². The van der Waals surface area contributed by atoms with Crippen LogP contribution in [-0.4, -0.2) is 33.0 Å². The van der Waals surface area contributed by atoms with Crippen LogP contribution in [0.4, 0.5) is 5.69 Å². The Hall–Kier alpha value is -3.55. The summed E-state index contributed by atoms with van der Waals surface area (Å²) in [4.78, 5) is 26.1.